The van der Waals surface area contributed by atoms with E-state index < -0.39 is 0 Å². The number of carbonyl (C=O) groups excluding carboxylic acids is 2. The number of fused-ring (bicyclic) bond motifs is 1. The van der Waals surface area contributed by atoms with Gasteiger partial charge in [-0.1, -0.05) is 11.6 Å². The lowest BCUT2D eigenvalue weighted by molar-refractivity contribution is 0.0661. The monoisotopic (exact) mass is 415 g/mol. The highest BCUT2D eigenvalue weighted by Crippen LogP contribution is 2.24. The molecule has 7 nitrogen and oxygen atoms in total. The van der Waals surface area contributed by atoms with Gasteiger partial charge in [0.05, 0.1) is 17.5 Å². The van der Waals surface area contributed by atoms with Crippen LogP contribution in [0.4, 0.5) is 0 Å². The number of likely N-dealkylation sites (N-methyl/N-ethyl adjacent to an activating group) is 1. The second-order valence-corrected chi connectivity index (χ2v) is 8.34. The van der Waals surface area contributed by atoms with Gasteiger partial charge in [0, 0.05) is 49.9 Å². The summed E-state index contributed by atoms with van der Waals surface area (Å²) in [5.41, 5.74) is 2.30. The van der Waals surface area contributed by atoms with Gasteiger partial charge in [0.2, 0.25) is 0 Å². The standard InChI is InChI=1S/C21H26ClN5O2/c1-25-8-10-26(11-9-25)21(29)18-14-24-27-7-6-15(12-19(18)27)13-23-20(28)16-2-4-17(22)5-3-16/h2-5,14-15H,6-13H2,1H3,(H,23,28)/t15-/m0/s1. The number of rotatable bonds is 4. The molecule has 2 aromatic rings. The van der Waals surface area contributed by atoms with E-state index in [1.807, 2.05) is 9.58 Å². The number of aromatic nitrogens is 2. The number of piperazine rings is 1. The normalized spacial score (nSPS) is 19.7. The van der Waals surface area contributed by atoms with Crippen LogP contribution in [0.1, 0.15) is 32.8 Å². The second-order valence-electron chi connectivity index (χ2n) is 7.90. The summed E-state index contributed by atoms with van der Waals surface area (Å²) in [5.74, 6) is 0.258. The summed E-state index contributed by atoms with van der Waals surface area (Å²) < 4.78 is 1.95. The Hall–Kier alpha value is -2.38. The summed E-state index contributed by atoms with van der Waals surface area (Å²) in [6, 6.07) is 6.87. The number of nitrogens with zero attached hydrogens (tertiary/aromatic N) is 4. The van der Waals surface area contributed by atoms with Crippen molar-refractivity contribution in [3.8, 4) is 0 Å². The molecule has 2 aliphatic rings. The Morgan fingerprint density at radius 1 is 1.14 bits per heavy atom. The van der Waals surface area contributed by atoms with Gasteiger partial charge in [-0.05, 0) is 50.1 Å². The topological polar surface area (TPSA) is 70.5 Å². The minimum Gasteiger partial charge on any atom is -0.352 e. The van der Waals surface area contributed by atoms with E-state index in [0.717, 1.165) is 51.3 Å². The van der Waals surface area contributed by atoms with Gasteiger partial charge in [-0.25, -0.2) is 0 Å². The largest absolute Gasteiger partial charge is 0.352 e. The van der Waals surface area contributed by atoms with Crippen LogP contribution >= 0.6 is 11.6 Å². The van der Waals surface area contributed by atoms with E-state index in [4.69, 9.17) is 11.6 Å². The molecule has 4 rings (SSSR count). The van der Waals surface area contributed by atoms with E-state index in [-0.39, 0.29) is 17.7 Å². The molecule has 0 bridgehead atoms. The number of aryl methyl sites for hydroxylation is 1. The molecule has 1 fully saturated rings. The number of carbonyl (C=O) groups is 2. The van der Waals surface area contributed by atoms with Crippen LogP contribution in [0.25, 0.3) is 0 Å². The van der Waals surface area contributed by atoms with Gasteiger partial charge >= 0.3 is 0 Å². The summed E-state index contributed by atoms with van der Waals surface area (Å²) in [5, 5.41) is 8.06. The summed E-state index contributed by atoms with van der Waals surface area (Å²) in [6.45, 7) is 4.64. The van der Waals surface area contributed by atoms with E-state index in [2.05, 4.69) is 22.4 Å². The Kier molecular flexibility index (Phi) is 5.87. The van der Waals surface area contributed by atoms with Gasteiger partial charge in [-0.2, -0.15) is 5.10 Å². The average molecular weight is 416 g/mol. The maximum absolute atomic E-state index is 13.0. The molecule has 0 unspecified atom stereocenters. The quantitative estimate of drug-likeness (QED) is 0.828. The number of amides is 2. The van der Waals surface area contributed by atoms with Crippen molar-refractivity contribution in [1.82, 2.24) is 24.9 Å². The molecule has 1 aromatic heterocycles. The van der Waals surface area contributed by atoms with E-state index in [9.17, 15) is 9.59 Å². The van der Waals surface area contributed by atoms with Crippen LogP contribution in [-0.2, 0) is 13.0 Å². The fourth-order valence-corrected chi connectivity index (χ4v) is 4.10. The number of halogens is 1. The predicted molar refractivity (Wildman–Crippen MR) is 111 cm³/mol. The second kappa shape index (κ2) is 8.55. The molecule has 29 heavy (non-hydrogen) atoms. The summed E-state index contributed by atoms with van der Waals surface area (Å²) >= 11 is 5.88. The van der Waals surface area contributed by atoms with Gasteiger partial charge in [0.15, 0.2) is 0 Å². The first-order valence-electron chi connectivity index (χ1n) is 10.1. The molecule has 2 aliphatic heterocycles. The minimum atomic E-state index is -0.102. The number of hydrogen-bond acceptors (Lipinski definition) is 4. The molecule has 8 heteroatoms. The number of nitrogens with one attached hydrogen (secondary N) is 1. The maximum Gasteiger partial charge on any atom is 0.257 e. The van der Waals surface area contributed by atoms with E-state index in [1.54, 1.807) is 30.5 Å². The lowest BCUT2D eigenvalue weighted by Gasteiger charge is -2.32. The molecule has 3 heterocycles. The smallest absolute Gasteiger partial charge is 0.257 e. The van der Waals surface area contributed by atoms with Crippen LogP contribution in [0, 0.1) is 5.92 Å². The molecular formula is C21H26ClN5O2. The van der Waals surface area contributed by atoms with Gasteiger partial charge < -0.3 is 15.1 Å². The Labute approximate surface area is 175 Å². The number of benzene rings is 1. The van der Waals surface area contributed by atoms with Crippen LogP contribution in [0.3, 0.4) is 0 Å². The fourth-order valence-electron chi connectivity index (χ4n) is 3.97. The third-order valence-corrected chi connectivity index (χ3v) is 6.11. The highest BCUT2D eigenvalue weighted by atomic mass is 35.5. The summed E-state index contributed by atoms with van der Waals surface area (Å²) in [6.07, 6.45) is 3.39. The lowest BCUT2D eigenvalue weighted by Crippen LogP contribution is -2.47. The van der Waals surface area contributed by atoms with Gasteiger partial charge in [0.1, 0.15) is 0 Å². The van der Waals surface area contributed by atoms with Crippen LogP contribution < -0.4 is 5.32 Å². The Morgan fingerprint density at radius 3 is 2.59 bits per heavy atom. The Bertz CT molecular complexity index is 887. The van der Waals surface area contributed by atoms with Crippen molar-refractivity contribution in [2.75, 3.05) is 39.8 Å². The zero-order valence-electron chi connectivity index (χ0n) is 16.6. The van der Waals surface area contributed by atoms with Crippen molar-refractivity contribution in [2.45, 2.75) is 19.4 Å². The van der Waals surface area contributed by atoms with Crippen molar-refractivity contribution >= 4 is 23.4 Å². The lowest BCUT2D eigenvalue weighted by atomic mass is 9.94. The molecule has 154 valence electrons. The van der Waals surface area contributed by atoms with Crippen molar-refractivity contribution in [3.05, 3.63) is 52.3 Å². The molecule has 2 amide bonds. The Balaban J connectivity index is 1.38. The molecule has 1 N–H and O–H groups in total. The van der Waals surface area contributed by atoms with Gasteiger partial charge in [-0.3, -0.25) is 14.3 Å². The molecule has 0 aliphatic carbocycles. The molecule has 1 atom stereocenters. The fraction of sp³-hybridized carbons (Fsp3) is 0.476. The molecular weight excluding hydrogens is 390 g/mol. The first kappa shape index (κ1) is 19.9. The van der Waals surface area contributed by atoms with Crippen LogP contribution in [0.15, 0.2) is 30.5 Å². The highest BCUT2D eigenvalue weighted by Gasteiger charge is 2.29. The summed E-state index contributed by atoms with van der Waals surface area (Å²) in [4.78, 5) is 29.5. The van der Waals surface area contributed by atoms with Crippen LogP contribution in [0.2, 0.25) is 5.02 Å². The molecule has 0 radical (unpaired) electrons. The van der Waals surface area contributed by atoms with Crippen molar-refractivity contribution < 1.29 is 9.59 Å². The molecule has 0 saturated carbocycles. The maximum atomic E-state index is 13.0. The van der Waals surface area contributed by atoms with Crippen molar-refractivity contribution in [3.63, 3.8) is 0 Å². The SMILES string of the molecule is CN1CCN(C(=O)c2cnn3c2C[C@@H](CNC(=O)c2ccc(Cl)cc2)CC3)CC1. The van der Waals surface area contributed by atoms with Crippen molar-refractivity contribution in [2.24, 2.45) is 5.92 Å². The van der Waals surface area contributed by atoms with E-state index in [0.29, 0.717) is 22.7 Å². The Morgan fingerprint density at radius 2 is 1.86 bits per heavy atom. The van der Waals surface area contributed by atoms with Crippen LogP contribution in [0.5, 0.6) is 0 Å². The third kappa shape index (κ3) is 4.46. The van der Waals surface area contributed by atoms with E-state index >= 15 is 0 Å². The zero-order valence-corrected chi connectivity index (χ0v) is 17.4. The zero-order chi connectivity index (χ0) is 20.4. The molecule has 1 saturated heterocycles. The van der Waals surface area contributed by atoms with Crippen LogP contribution in [-0.4, -0.2) is 71.2 Å². The van der Waals surface area contributed by atoms with E-state index in [1.165, 1.54) is 0 Å². The van der Waals surface area contributed by atoms with Gasteiger partial charge in [-0.15, -0.1) is 0 Å². The number of hydrogen-bond donors (Lipinski definition) is 1. The third-order valence-electron chi connectivity index (χ3n) is 5.86. The van der Waals surface area contributed by atoms with Gasteiger partial charge in [0.25, 0.3) is 11.8 Å². The first-order chi connectivity index (χ1) is 14.0. The van der Waals surface area contributed by atoms with Crippen molar-refractivity contribution in [1.29, 1.82) is 0 Å². The molecule has 1 aromatic carbocycles. The molecule has 0 spiro atoms. The minimum absolute atomic E-state index is 0.0743. The highest BCUT2D eigenvalue weighted by molar-refractivity contribution is 6.30. The first-order valence-corrected chi connectivity index (χ1v) is 10.5. The predicted octanol–water partition coefficient (Wildman–Crippen LogP) is 1.92. The summed E-state index contributed by atoms with van der Waals surface area (Å²) in [7, 11) is 2.08. The average Bonchev–Trinajstić information content (AvgIpc) is 3.16.